The van der Waals surface area contributed by atoms with Gasteiger partial charge in [-0.15, -0.1) is 11.3 Å². The normalized spacial score (nSPS) is 16.5. The van der Waals surface area contributed by atoms with Gasteiger partial charge >= 0.3 is 0 Å². The number of hydrogen-bond acceptors (Lipinski definition) is 6. The number of halogens is 1. The quantitative estimate of drug-likeness (QED) is 0.533. The maximum atomic E-state index is 13.6. The van der Waals surface area contributed by atoms with Crippen LogP contribution in [0.15, 0.2) is 59.6 Å². The van der Waals surface area contributed by atoms with Gasteiger partial charge in [-0.1, -0.05) is 30.8 Å². The second kappa shape index (κ2) is 8.99. The van der Waals surface area contributed by atoms with Gasteiger partial charge in [0.1, 0.15) is 16.9 Å². The molecule has 2 aliphatic rings. The summed E-state index contributed by atoms with van der Waals surface area (Å²) in [6.07, 6.45) is 1.94. The van der Waals surface area contributed by atoms with Crippen molar-refractivity contribution in [2.45, 2.75) is 37.2 Å². The van der Waals surface area contributed by atoms with E-state index >= 15 is 0 Å². The summed E-state index contributed by atoms with van der Waals surface area (Å²) >= 11 is 1.60. The molecule has 0 unspecified atom stereocenters. The molecule has 3 heterocycles. The summed E-state index contributed by atoms with van der Waals surface area (Å²) in [5, 5.41) is 14.0. The van der Waals surface area contributed by atoms with E-state index < -0.39 is 9.84 Å². The van der Waals surface area contributed by atoms with Crippen molar-refractivity contribution in [3.8, 4) is 6.07 Å². The first-order valence-corrected chi connectivity index (χ1v) is 13.6. The van der Waals surface area contributed by atoms with Crippen molar-refractivity contribution in [2.24, 2.45) is 0 Å². The predicted molar refractivity (Wildman–Crippen MR) is 132 cm³/mol. The molecule has 34 heavy (non-hydrogen) atoms. The van der Waals surface area contributed by atoms with E-state index in [4.69, 9.17) is 0 Å². The second-order valence-electron chi connectivity index (χ2n) is 8.83. The molecule has 174 valence electrons. The lowest BCUT2D eigenvalue weighted by molar-refractivity contribution is 0.247. The van der Waals surface area contributed by atoms with Crippen molar-refractivity contribution in [1.82, 2.24) is 4.90 Å². The molecular weight excluding hydrogens is 469 g/mol. The van der Waals surface area contributed by atoms with Crippen molar-refractivity contribution in [1.29, 1.82) is 5.26 Å². The number of thiophene rings is 1. The number of sulfone groups is 1. The Morgan fingerprint density at radius 2 is 2.06 bits per heavy atom. The average molecular weight is 494 g/mol. The SMILES string of the molecule is C=C(Cc1ccc2c(c1)CCS2(=O)=O)Nc1sc2c(c1C#N)CN(Cc1cccc(F)c1)CC2. The lowest BCUT2D eigenvalue weighted by Crippen LogP contribution is -2.29. The average Bonchev–Trinajstić information content (AvgIpc) is 3.29. The van der Waals surface area contributed by atoms with Gasteiger partial charge in [-0.05, 0) is 47.7 Å². The Hall–Kier alpha value is -2.99. The number of aryl methyl sites for hydroxylation is 1. The summed E-state index contributed by atoms with van der Waals surface area (Å²) in [7, 11) is -3.13. The van der Waals surface area contributed by atoms with Gasteiger partial charge in [0.2, 0.25) is 0 Å². The van der Waals surface area contributed by atoms with E-state index in [9.17, 15) is 18.1 Å². The topological polar surface area (TPSA) is 73.2 Å². The summed E-state index contributed by atoms with van der Waals surface area (Å²) in [6, 6.07) is 14.5. The van der Waals surface area contributed by atoms with Gasteiger partial charge in [0, 0.05) is 42.2 Å². The molecule has 0 amide bonds. The number of fused-ring (bicyclic) bond motifs is 2. The number of allylic oxidation sites excluding steroid dienone is 1. The molecule has 0 atom stereocenters. The van der Waals surface area contributed by atoms with Crippen LogP contribution >= 0.6 is 11.3 Å². The zero-order valence-electron chi connectivity index (χ0n) is 18.6. The fourth-order valence-electron chi connectivity index (χ4n) is 4.73. The smallest absolute Gasteiger partial charge is 0.178 e. The maximum Gasteiger partial charge on any atom is 0.178 e. The summed E-state index contributed by atoms with van der Waals surface area (Å²) in [5.41, 5.74) is 5.22. The van der Waals surface area contributed by atoms with Crippen LogP contribution in [0.4, 0.5) is 9.39 Å². The van der Waals surface area contributed by atoms with Crippen LogP contribution in [-0.4, -0.2) is 25.6 Å². The van der Waals surface area contributed by atoms with E-state index in [0.717, 1.165) is 45.9 Å². The van der Waals surface area contributed by atoms with Gasteiger partial charge in [-0.2, -0.15) is 5.26 Å². The lowest BCUT2D eigenvalue weighted by Gasteiger charge is -2.27. The van der Waals surface area contributed by atoms with Crippen LogP contribution in [0, 0.1) is 17.1 Å². The van der Waals surface area contributed by atoms with E-state index in [1.807, 2.05) is 18.2 Å². The largest absolute Gasteiger partial charge is 0.350 e. The van der Waals surface area contributed by atoms with E-state index in [1.165, 1.54) is 10.9 Å². The van der Waals surface area contributed by atoms with Crippen molar-refractivity contribution in [3.63, 3.8) is 0 Å². The van der Waals surface area contributed by atoms with Gasteiger partial charge in [-0.3, -0.25) is 4.90 Å². The molecule has 0 aliphatic carbocycles. The van der Waals surface area contributed by atoms with E-state index in [1.54, 1.807) is 29.5 Å². The monoisotopic (exact) mass is 493 g/mol. The third-order valence-corrected chi connectivity index (χ3v) is 9.36. The number of hydrogen-bond donors (Lipinski definition) is 1. The summed E-state index contributed by atoms with van der Waals surface area (Å²) < 4.78 is 37.7. The highest BCUT2D eigenvalue weighted by molar-refractivity contribution is 7.91. The molecule has 2 aromatic carbocycles. The second-order valence-corrected chi connectivity index (χ2v) is 12.0. The Kier molecular flexibility index (Phi) is 6.02. The summed E-state index contributed by atoms with van der Waals surface area (Å²) in [4.78, 5) is 3.88. The molecule has 0 bridgehead atoms. The zero-order chi connectivity index (χ0) is 23.9. The highest BCUT2D eigenvalue weighted by atomic mass is 32.2. The summed E-state index contributed by atoms with van der Waals surface area (Å²) in [5.74, 6) is -0.0635. The highest BCUT2D eigenvalue weighted by Crippen LogP contribution is 2.38. The molecular formula is C26H24FN3O2S2. The third-order valence-electron chi connectivity index (χ3n) is 6.34. The fourth-order valence-corrected chi connectivity index (χ4v) is 7.47. The first-order valence-electron chi connectivity index (χ1n) is 11.1. The molecule has 0 saturated carbocycles. The number of nitrogens with zero attached hydrogens (tertiary/aromatic N) is 2. The van der Waals surface area contributed by atoms with Gasteiger partial charge in [0.25, 0.3) is 0 Å². The van der Waals surface area contributed by atoms with E-state index in [0.29, 0.717) is 36.4 Å². The number of nitrogens with one attached hydrogen (secondary N) is 1. The van der Waals surface area contributed by atoms with E-state index in [-0.39, 0.29) is 11.6 Å². The number of anilines is 1. The van der Waals surface area contributed by atoms with Crippen molar-refractivity contribution < 1.29 is 12.8 Å². The van der Waals surface area contributed by atoms with Gasteiger partial charge < -0.3 is 5.32 Å². The molecule has 8 heteroatoms. The number of nitriles is 1. The fraction of sp³-hybridized carbons (Fsp3) is 0.269. The molecule has 5 rings (SSSR count). The minimum Gasteiger partial charge on any atom is -0.350 e. The van der Waals surface area contributed by atoms with Crippen LogP contribution in [-0.2, 0) is 42.2 Å². The van der Waals surface area contributed by atoms with Gasteiger partial charge in [0.05, 0.1) is 16.2 Å². The van der Waals surface area contributed by atoms with Crippen LogP contribution in [0.25, 0.3) is 0 Å². The Labute approximate surface area is 203 Å². The molecule has 2 aliphatic heterocycles. The molecule has 0 saturated heterocycles. The van der Waals surface area contributed by atoms with Crippen molar-refractivity contribution in [2.75, 3.05) is 17.6 Å². The molecule has 1 aromatic heterocycles. The molecule has 0 spiro atoms. The third kappa shape index (κ3) is 4.51. The van der Waals surface area contributed by atoms with Crippen LogP contribution < -0.4 is 5.32 Å². The van der Waals surface area contributed by atoms with Crippen LogP contribution in [0.5, 0.6) is 0 Å². The maximum absolute atomic E-state index is 13.6. The first kappa shape index (κ1) is 22.8. The van der Waals surface area contributed by atoms with Gasteiger partial charge in [-0.25, -0.2) is 12.8 Å². The number of rotatable bonds is 6. The lowest BCUT2D eigenvalue weighted by atomic mass is 10.0. The van der Waals surface area contributed by atoms with Gasteiger partial charge in [0.15, 0.2) is 9.84 Å². The molecule has 0 radical (unpaired) electrons. The van der Waals surface area contributed by atoms with Crippen LogP contribution in [0.3, 0.4) is 0 Å². The Morgan fingerprint density at radius 3 is 2.85 bits per heavy atom. The van der Waals surface area contributed by atoms with Crippen LogP contribution in [0.2, 0.25) is 0 Å². The first-order chi connectivity index (χ1) is 16.3. The molecule has 0 fully saturated rings. The minimum absolute atomic E-state index is 0.174. The van der Waals surface area contributed by atoms with Crippen LogP contribution in [0.1, 0.15) is 32.7 Å². The molecule has 1 N–H and O–H groups in total. The highest BCUT2D eigenvalue weighted by Gasteiger charge is 2.27. The Bertz CT molecular complexity index is 1440. The predicted octanol–water partition coefficient (Wildman–Crippen LogP) is 4.82. The molecule has 3 aromatic rings. The number of benzene rings is 2. The van der Waals surface area contributed by atoms with Crippen molar-refractivity contribution in [3.05, 3.63) is 93.3 Å². The zero-order valence-corrected chi connectivity index (χ0v) is 20.2. The Morgan fingerprint density at radius 1 is 1.21 bits per heavy atom. The summed E-state index contributed by atoms with van der Waals surface area (Å²) in [6.45, 7) is 6.30. The standard InChI is InChI=1S/C26H24FN3O2S2/c1-17(11-18-5-6-25-20(12-18)8-10-34(25,31)32)29-26-22(14-28)23-16-30(9-7-24(23)33-26)15-19-3-2-4-21(27)13-19/h2-6,12-13,29H,1,7-11,15-16H2. The Balaban J connectivity index is 1.29. The minimum atomic E-state index is -3.13. The molecule has 5 nitrogen and oxygen atoms in total. The van der Waals surface area contributed by atoms with Crippen molar-refractivity contribution >= 4 is 26.2 Å². The van der Waals surface area contributed by atoms with E-state index in [2.05, 4.69) is 22.9 Å².